The van der Waals surface area contributed by atoms with Gasteiger partial charge >= 0.3 is 0 Å². The average molecular weight is 271 g/mol. The molecule has 0 bridgehead atoms. The molecule has 0 saturated carbocycles. The molecule has 0 radical (unpaired) electrons. The molecule has 0 aliphatic heterocycles. The van der Waals surface area contributed by atoms with E-state index in [1.807, 2.05) is 17.5 Å². The minimum atomic E-state index is 0.315. The smallest absolute Gasteiger partial charge is 0.218 e. The highest BCUT2D eigenvalue weighted by Gasteiger charge is 2.04. The lowest BCUT2D eigenvalue weighted by Gasteiger charge is -2.05. The minimum absolute atomic E-state index is 0.315. The molecule has 0 aromatic carbocycles. The van der Waals surface area contributed by atoms with Gasteiger partial charge in [-0.3, -0.25) is 0 Å². The predicted molar refractivity (Wildman–Crippen MR) is 66.4 cm³/mol. The third kappa shape index (κ3) is 3.66. The molecule has 2 rings (SSSR count). The summed E-state index contributed by atoms with van der Waals surface area (Å²) >= 11 is 7.50. The van der Waals surface area contributed by atoms with Crippen molar-refractivity contribution in [1.82, 2.24) is 9.97 Å². The molecular weight excluding hydrogens is 260 g/mol. The zero-order valence-corrected chi connectivity index (χ0v) is 10.8. The molecule has 6 heteroatoms. The summed E-state index contributed by atoms with van der Waals surface area (Å²) in [5.41, 5.74) is 0. The summed E-state index contributed by atoms with van der Waals surface area (Å²) in [6, 6.07) is 5.57. The number of rotatable bonds is 5. The van der Waals surface area contributed by atoms with E-state index in [0.29, 0.717) is 30.1 Å². The van der Waals surface area contributed by atoms with E-state index in [0.717, 1.165) is 4.88 Å². The van der Waals surface area contributed by atoms with Crippen LogP contribution >= 0.6 is 22.9 Å². The van der Waals surface area contributed by atoms with Gasteiger partial charge in [-0.05, 0) is 11.4 Å². The van der Waals surface area contributed by atoms with E-state index >= 15 is 0 Å². The number of hydrogen-bond acceptors (Lipinski definition) is 5. The van der Waals surface area contributed by atoms with Crippen LogP contribution in [0.25, 0.3) is 0 Å². The van der Waals surface area contributed by atoms with Crippen LogP contribution < -0.4 is 4.74 Å². The van der Waals surface area contributed by atoms with Gasteiger partial charge in [-0.2, -0.15) is 4.98 Å². The van der Waals surface area contributed by atoms with Gasteiger partial charge in [-0.1, -0.05) is 17.7 Å². The van der Waals surface area contributed by atoms with Crippen molar-refractivity contribution in [3.8, 4) is 5.88 Å². The number of methoxy groups -OCH3 is 1. The first kappa shape index (κ1) is 12.3. The fraction of sp³-hybridized carbons (Fsp3) is 0.273. The van der Waals surface area contributed by atoms with E-state index in [-0.39, 0.29) is 0 Å². The highest BCUT2D eigenvalue weighted by molar-refractivity contribution is 7.09. The van der Waals surface area contributed by atoms with Crippen molar-refractivity contribution in [2.45, 2.75) is 13.2 Å². The van der Waals surface area contributed by atoms with Gasteiger partial charge in [-0.15, -0.1) is 11.3 Å². The Bertz CT molecular complexity index is 476. The van der Waals surface area contributed by atoms with Gasteiger partial charge in [0.05, 0.1) is 0 Å². The molecule has 0 N–H and O–H groups in total. The van der Waals surface area contributed by atoms with Gasteiger partial charge in [0, 0.05) is 18.1 Å². The molecule has 17 heavy (non-hydrogen) atoms. The number of thiophene rings is 1. The molecule has 0 amide bonds. The first-order valence-electron chi connectivity index (χ1n) is 4.95. The molecule has 2 heterocycles. The maximum absolute atomic E-state index is 5.86. The molecule has 2 aromatic heterocycles. The van der Waals surface area contributed by atoms with Crippen molar-refractivity contribution in [2.24, 2.45) is 0 Å². The first-order valence-corrected chi connectivity index (χ1v) is 6.21. The van der Waals surface area contributed by atoms with Crippen LogP contribution in [-0.4, -0.2) is 17.1 Å². The third-order valence-electron chi connectivity index (χ3n) is 1.93. The van der Waals surface area contributed by atoms with Crippen molar-refractivity contribution in [1.29, 1.82) is 0 Å². The topological polar surface area (TPSA) is 44.2 Å². The molecule has 0 aliphatic carbocycles. The third-order valence-corrected chi connectivity index (χ3v) is 2.98. The van der Waals surface area contributed by atoms with Gasteiger partial charge in [0.2, 0.25) is 5.88 Å². The van der Waals surface area contributed by atoms with Crippen LogP contribution in [0, 0.1) is 0 Å². The van der Waals surface area contributed by atoms with Crippen LogP contribution in [0.15, 0.2) is 23.6 Å². The lowest BCUT2D eigenvalue weighted by atomic mass is 10.5. The maximum atomic E-state index is 5.86. The van der Waals surface area contributed by atoms with E-state index in [2.05, 4.69) is 9.97 Å². The van der Waals surface area contributed by atoms with Crippen LogP contribution in [0.3, 0.4) is 0 Å². The first-order chi connectivity index (χ1) is 8.28. The van der Waals surface area contributed by atoms with Gasteiger partial charge in [0.15, 0.2) is 5.82 Å². The number of hydrogen-bond donors (Lipinski definition) is 0. The molecule has 0 saturated heterocycles. The van der Waals surface area contributed by atoms with E-state index in [9.17, 15) is 0 Å². The van der Waals surface area contributed by atoms with E-state index < -0.39 is 0 Å². The zero-order valence-electron chi connectivity index (χ0n) is 9.22. The van der Waals surface area contributed by atoms with Crippen LogP contribution in [0.4, 0.5) is 0 Å². The Morgan fingerprint density at radius 2 is 2.24 bits per heavy atom. The average Bonchev–Trinajstić information content (AvgIpc) is 2.79. The molecule has 0 aliphatic rings. The second-order valence-electron chi connectivity index (χ2n) is 3.25. The van der Waals surface area contributed by atoms with Crippen LogP contribution in [0.5, 0.6) is 5.88 Å². The maximum Gasteiger partial charge on any atom is 0.218 e. The summed E-state index contributed by atoms with van der Waals surface area (Å²) in [6.07, 6.45) is 0. The summed E-state index contributed by atoms with van der Waals surface area (Å²) in [7, 11) is 1.58. The van der Waals surface area contributed by atoms with Crippen LogP contribution in [0.1, 0.15) is 10.7 Å². The Kier molecular flexibility index (Phi) is 4.30. The number of ether oxygens (including phenoxy) is 2. The fourth-order valence-corrected chi connectivity index (χ4v) is 2.06. The largest absolute Gasteiger partial charge is 0.472 e. The molecule has 90 valence electrons. The quantitative estimate of drug-likeness (QED) is 0.784. The summed E-state index contributed by atoms with van der Waals surface area (Å²) in [5.74, 6) is 0.978. The molecule has 0 atom stereocenters. The lowest BCUT2D eigenvalue weighted by Crippen LogP contribution is -2.01. The Balaban J connectivity index is 2.04. The van der Waals surface area contributed by atoms with Crippen molar-refractivity contribution in [3.05, 3.63) is 39.4 Å². The molecule has 2 aromatic rings. The van der Waals surface area contributed by atoms with Crippen LogP contribution in [0.2, 0.25) is 5.15 Å². The zero-order chi connectivity index (χ0) is 12.1. The standard InChI is InChI=1S/C11H11ClN2O2S/c1-15-7-10-13-9(12)5-11(14-10)16-6-8-3-2-4-17-8/h2-5H,6-7H2,1H3. The molecule has 0 unspecified atom stereocenters. The van der Waals surface area contributed by atoms with E-state index in [1.165, 1.54) is 0 Å². The summed E-state index contributed by atoms with van der Waals surface area (Å²) in [6.45, 7) is 0.799. The number of aromatic nitrogens is 2. The van der Waals surface area contributed by atoms with Crippen molar-refractivity contribution in [2.75, 3.05) is 7.11 Å². The normalized spacial score (nSPS) is 10.5. The van der Waals surface area contributed by atoms with Gasteiger partial charge in [-0.25, -0.2) is 4.98 Å². The summed E-state index contributed by atoms with van der Waals surface area (Å²) in [4.78, 5) is 9.34. The second kappa shape index (κ2) is 5.95. The molecule has 0 fully saturated rings. The highest BCUT2D eigenvalue weighted by atomic mass is 35.5. The van der Waals surface area contributed by atoms with Crippen molar-refractivity contribution in [3.63, 3.8) is 0 Å². The second-order valence-corrected chi connectivity index (χ2v) is 4.67. The molecule has 4 nitrogen and oxygen atoms in total. The van der Waals surface area contributed by atoms with Gasteiger partial charge < -0.3 is 9.47 Å². The number of halogens is 1. The van der Waals surface area contributed by atoms with Crippen LogP contribution in [-0.2, 0) is 18.0 Å². The number of nitrogens with zero attached hydrogens (tertiary/aromatic N) is 2. The van der Waals surface area contributed by atoms with Gasteiger partial charge in [0.25, 0.3) is 0 Å². The lowest BCUT2D eigenvalue weighted by molar-refractivity contribution is 0.176. The Morgan fingerprint density at radius 3 is 2.94 bits per heavy atom. The van der Waals surface area contributed by atoms with E-state index in [1.54, 1.807) is 24.5 Å². The Labute approximate surface area is 108 Å². The van der Waals surface area contributed by atoms with Gasteiger partial charge in [0.1, 0.15) is 18.4 Å². The molecular formula is C11H11ClN2O2S. The van der Waals surface area contributed by atoms with Crippen molar-refractivity contribution < 1.29 is 9.47 Å². The summed E-state index contributed by atoms with van der Waals surface area (Å²) < 4.78 is 10.5. The highest BCUT2D eigenvalue weighted by Crippen LogP contribution is 2.17. The SMILES string of the molecule is COCc1nc(Cl)cc(OCc2cccs2)n1. The fourth-order valence-electron chi connectivity index (χ4n) is 1.25. The van der Waals surface area contributed by atoms with E-state index in [4.69, 9.17) is 21.1 Å². The Hall–Kier alpha value is -1.17. The monoisotopic (exact) mass is 270 g/mol. The predicted octanol–water partition coefficient (Wildman–Crippen LogP) is 2.92. The summed E-state index contributed by atoms with van der Waals surface area (Å²) in [5, 5.41) is 2.36. The van der Waals surface area contributed by atoms with Crippen molar-refractivity contribution >= 4 is 22.9 Å². The Morgan fingerprint density at radius 1 is 1.35 bits per heavy atom. The minimum Gasteiger partial charge on any atom is -0.472 e. The molecule has 0 spiro atoms.